The van der Waals surface area contributed by atoms with Crippen molar-refractivity contribution in [3.8, 4) is 0 Å². The summed E-state index contributed by atoms with van der Waals surface area (Å²) in [4.78, 5) is 15.5. The average Bonchev–Trinajstić information content (AvgIpc) is 2.29. The number of carbonyl (C=O) groups is 1. The maximum Gasteiger partial charge on any atom is 0.165 e. The molecule has 0 unspecified atom stereocenters. The molecule has 16 heavy (non-hydrogen) atoms. The molecule has 3 heteroatoms. The Hall–Kier alpha value is -1.22. The lowest BCUT2D eigenvalue weighted by Gasteiger charge is -2.05. The Balaban J connectivity index is 2.16. The number of nitrogens with zero attached hydrogens (tertiary/aromatic N) is 1. The first-order valence-electron chi connectivity index (χ1n) is 5.71. The van der Waals surface area contributed by atoms with Crippen molar-refractivity contribution in [2.45, 2.75) is 26.7 Å². The number of pyridine rings is 1. The zero-order valence-electron chi connectivity index (χ0n) is 9.98. The molecule has 3 nitrogen and oxygen atoms in total. The average molecular weight is 221 g/mol. The largest absolute Gasteiger partial charge is 0.381 e. The van der Waals surface area contributed by atoms with Gasteiger partial charge < -0.3 is 4.74 Å². The number of hydrogen-bond donors (Lipinski definition) is 0. The van der Waals surface area contributed by atoms with Gasteiger partial charge in [0.05, 0.1) is 6.61 Å². The van der Waals surface area contributed by atoms with Crippen molar-refractivity contribution >= 4 is 5.78 Å². The van der Waals surface area contributed by atoms with Crippen molar-refractivity contribution in [3.05, 3.63) is 30.1 Å². The minimum absolute atomic E-state index is 0.118. The third-order valence-electron chi connectivity index (χ3n) is 2.32. The molecule has 0 fully saturated rings. The van der Waals surface area contributed by atoms with Crippen LogP contribution in [0.3, 0.4) is 0 Å². The molecular weight excluding hydrogens is 202 g/mol. The molecule has 0 aromatic carbocycles. The summed E-state index contributed by atoms with van der Waals surface area (Å²) in [5.41, 5.74) is 0.711. The van der Waals surface area contributed by atoms with Crippen molar-refractivity contribution < 1.29 is 9.53 Å². The monoisotopic (exact) mass is 221 g/mol. The highest BCUT2D eigenvalue weighted by molar-refractivity contribution is 5.95. The maximum absolute atomic E-state index is 11.6. The van der Waals surface area contributed by atoms with Crippen LogP contribution >= 0.6 is 0 Å². The first kappa shape index (κ1) is 12.8. The van der Waals surface area contributed by atoms with E-state index in [-0.39, 0.29) is 5.78 Å². The Bertz CT molecular complexity index is 309. The third kappa shape index (κ3) is 5.03. The zero-order chi connectivity index (χ0) is 11.8. The van der Waals surface area contributed by atoms with Gasteiger partial charge in [-0.2, -0.15) is 0 Å². The highest BCUT2D eigenvalue weighted by Crippen LogP contribution is 2.03. The summed E-state index contributed by atoms with van der Waals surface area (Å²) in [5, 5.41) is 0. The molecule has 0 aliphatic carbocycles. The van der Waals surface area contributed by atoms with E-state index in [2.05, 4.69) is 18.8 Å². The second-order valence-corrected chi connectivity index (χ2v) is 4.20. The van der Waals surface area contributed by atoms with Crippen molar-refractivity contribution in [2.75, 3.05) is 13.2 Å². The molecule has 0 atom stereocenters. The van der Waals surface area contributed by atoms with Gasteiger partial charge in [0, 0.05) is 31.0 Å². The Kier molecular flexibility index (Phi) is 5.72. The van der Waals surface area contributed by atoms with Crippen molar-refractivity contribution in [1.82, 2.24) is 4.98 Å². The number of ketones is 1. The number of ether oxygens (including phenoxy) is 1. The van der Waals surface area contributed by atoms with E-state index in [4.69, 9.17) is 4.74 Å². The van der Waals surface area contributed by atoms with E-state index >= 15 is 0 Å². The van der Waals surface area contributed by atoms with Crippen LogP contribution in [0.5, 0.6) is 0 Å². The second kappa shape index (κ2) is 7.12. The van der Waals surface area contributed by atoms with Gasteiger partial charge in [0.1, 0.15) is 0 Å². The van der Waals surface area contributed by atoms with E-state index in [1.54, 1.807) is 24.5 Å². The normalized spacial score (nSPS) is 10.7. The van der Waals surface area contributed by atoms with Crippen LogP contribution < -0.4 is 0 Å². The highest BCUT2D eigenvalue weighted by Gasteiger charge is 2.04. The Morgan fingerprint density at radius 1 is 1.31 bits per heavy atom. The minimum atomic E-state index is 0.118. The van der Waals surface area contributed by atoms with E-state index in [0.717, 1.165) is 13.0 Å². The van der Waals surface area contributed by atoms with E-state index in [9.17, 15) is 4.79 Å². The van der Waals surface area contributed by atoms with Gasteiger partial charge in [-0.1, -0.05) is 13.8 Å². The molecule has 0 spiro atoms. The van der Waals surface area contributed by atoms with Crippen LogP contribution in [0, 0.1) is 5.92 Å². The third-order valence-corrected chi connectivity index (χ3v) is 2.32. The van der Waals surface area contributed by atoms with Gasteiger partial charge in [-0.05, 0) is 24.5 Å². The number of hydrogen-bond acceptors (Lipinski definition) is 3. The molecule has 1 aromatic heterocycles. The Labute approximate surface area is 96.8 Å². The molecule has 0 amide bonds. The summed E-state index contributed by atoms with van der Waals surface area (Å²) in [6.45, 7) is 5.56. The van der Waals surface area contributed by atoms with Gasteiger partial charge in [-0.25, -0.2) is 0 Å². The topological polar surface area (TPSA) is 39.2 Å². The summed E-state index contributed by atoms with van der Waals surface area (Å²) >= 11 is 0. The van der Waals surface area contributed by atoms with Crippen LogP contribution in [-0.2, 0) is 4.74 Å². The Morgan fingerprint density at radius 3 is 2.62 bits per heavy atom. The number of Topliss-reactive ketones (excluding diaryl/α,β-unsaturated/α-hetero) is 1. The first-order chi connectivity index (χ1) is 7.70. The van der Waals surface area contributed by atoms with Gasteiger partial charge in [0.2, 0.25) is 0 Å². The molecule has 0 saturated carbocycles. The van der Waals surface area contributed by atoms with Gasteiger partial charge in [-0.15, -0.1) is 0 Å². The zero-order valence-corrected chi connectivity index (χ0v) is 9.98. The van der Waals surface area contributed by atoms with Crippen LogP contribution in [0.4, 0.5) is 0 Å². The SMILES string of the molecule is CC(C)CCOCCC(=O)c1ccncc1. The number of carbonyl (C=O) groups excluding carboxylic acids is 1. The number of rotatable bonds is 7. The predicted octanol–water partition coefficient (Wildman–Crippen LogP) is 2.72. The van der Waals surface area contributed by atoms with Crippen LogP contribution in [0.1, 0.15) is 37.0 Å². The molecule has 0 bridgehead atoms. The summed E-state index contributed by atoms with van der Waals surface area (Å²) in [6, 6.07) is 3.47. The van der Waals surface area contributed by atoms with E-state index in [0.29, 0.717) is 24.5 Å². The molecule has 1 aromatic rings. The quantitative estimate of drug-likeness (QED) is 0.525. The smallest absolute Gasteiger partial charge is 0.165 e. The molecule has 0 radical (unpaired) electrons. The maximum atomic E-state index is 11.6. The summed E-state index contributed by atoms with van der Waals surface area (Å²) < 4.78 is 5.40. The van der Waals surface area contributed by atoms with Crippen LogP contribution in [0.15, 0.2) is 24.5 Å². The fourth-order valence-corrected chi connectivity index (χ4v) is 1.27. The van der Waals surface area contributed by atoms with E-state index in [1.807, 2.05) is 0 Å². The summed E-state index contributed by atoms with van der Waals surface area (Å²) in [5.74, 6) is 0.767. The van der Waals surface area contributed by atoms with E-state index < -0.39 is 0 Å². The molecular formula is C13H19NO2. The van der Waals surface area contributed by atoms with Gasteiger partial charge in [0.25, 0.3) is 0 Å². The molecule has 0 N–H and O–H groups in total. The standard InChI is InChI=1S/C13H19NO2/c1-11(2)5-9-16-10-6-13(15)12-3-7-14-8-4-12/h3-4,7-8,11H,5-6,9-10H2,1-2H3. The van der Waals surface area contributed by atoms with Crippen molar-refractivity contribution in [2.24, 2.45) is 5.92 Å². The van der Waals surface area contributed by atoms with Crippen molar-refractivity contribution in [3.63, 3.8) is 0 Å². The van der Waals surface area contributed by atoms with Gasteiger partial charge in [-0.3, -0.25) is 9.78 Å². The second-order valence-electron chi connectivity index (χ2n) is 4.20. The minimum Gasteiger partial charge on any atom is -0.381 e. The lowest BCUT2D eigenvalue weighted by Crippen LogP contribution is -2.06. The highest BCUT2D eigenvalue weighted by atomic mass is 16.5. The Morgan fingerprint density at radius 2 is 2.00 bits per heavy atom. The molecule has 1 rings (SSSR count). The molecule has 0 aliphatic heterocycles. The lowest BCUT2D eigenvalue weighted by atomic mass is 10.1. The summed E-state index contributed by atoms with van der Waals surface area (Å²) in [7, 11) is 0. The van der Waals surface area contributed by atoms with Crippen LogP contribution in [0.2, 0.25) is 0 Å². The van der Waals surface area contributed by atoms with Gasteiger partial charge >= 0.3 is 0 Å². The number of aromatic nitrogens is 1. The van der Waals surface area contributed by atoms with Crippen LogP contribution in [0.25, 0.3) is 0 Å². The fourth-order valence-electron chi connectivity index (χ4n) is 1.27. The van der Waals surface area contributed by atoms with Crippen LogP contribution in [-0.4, -0.2) is 24.0 Å². The molecule has 0 aliphatic rings. The van der Waals surface area contributed by atoms with E-state index in [1.165, 1.54) is 0 Å². The predicted molar refractivity (Wildman–Crippen MR) is 63.5 cm³/mol. The first-order valence-corrected chi connectivity index (χ1v) is 5.71. The molecule has 0 saturated heterocycles. The molecule has 88 valence electrons. The lowest BCUT2D eigenvalue weighted by molar-refractivity contribution is 0.0860. The van der Waals surface area contributed by atoms with Crippen molar-refractivity contribution in [1.29, 1.82) is 0 Å². The summed E-state index contributed by atoms with van der Waals surface area (Å²) in [6.07, 6.45) is 4.76. The fraction of sp³-hybridized carbons (Fsp3) is 0.538. The van der Waals surface area contributed by atoms with Gasteiger partial charge in [0.15, 0.2) is 5.78 Å². The molecule has 1 heterocycles.